The number of aryl methyl sites for hydroxylation is 2. The Bertz CT molecular complexity index is 698. The van der Waals surface area contributed by atoms with E-state index in [1.165, 1.54) is 6.21 Å². The van der Waals surface area contributed by atoms with E-state index in [2.05, 4.69) is 11.2 Å². The zero-order chi connectivity index (χ0) is 17.4. The van der Waals surface area contributed by atoms with Crippen LogP contribution in [0.15, 0.2) is 41.6 Å². The molecule has 0 aliphatic rings. The van der Waals surface area contributed by atoms with Crippen molar-refractivity contribution in [3.63, 3.8) is 0 Å². The van der Waals surface area contributed by atoms with Crippen LogP contribution in [0.1, 0.15) is 23.6 Å². The van der Waals surface area contributed by atoms with Crippen LogP contribution in [0.5, 0.6) is 17.2 Å². The van der Waals surface area contributed by atoms with Crippen LogP contribution in [0, 0.1) is 13.8 Å². The molecule has 0 atom stereocenters. The molecule has 2 rings (SSSR count). The molecule has 5 nitrogen and oxygen atoms in total. The highest BCUT2D eigenvalue weighted by Crippen LogP contribution is 2.28. The first-order valence-corrected chi connectivity index (χ1v) is 7.91. The second-order valence-electron chi connectivity index (χ2n) is 5.35. The van der Waals surface area contributed by atoms with Gasteiger partial charge >= 0.3 is 0 Å². The van der Waals surface area contributed by atoms with E-state index >= 15 is 0 Å². The van der Waals surface area contributed by atoms with Crippen LogP contribution in [0.25, 0.3) is 0 Å². The lowest BCUT2D eigenvalue weighted by Crippen LogP contribution is -2.10. The molecule has 0 bridgehead atoms. The highest BCUT2D eigenvalue weighted by molar-refractivity contribution is 5.80. The Morgan fingerprint density at radius 3 is 2.38 bits per heavy atom. The lowest BCUT2D eigenvalue weighted by molar-refractivity contribution is 0.207. The molecule has 0 spiro atoms. The molecular formula is C19H23NO4. The number of hydrogen-bond acceptors (Lipinski definition) is 5. The average molecular weight is 329 g/mol. The van der Waals surface area contributed by atoms with Crippen molar-refractivity contribution in [2.45, 2.75) is 20.8 Å². The summed E-state index contributed by atoms with van der Waals surface area (Å²) >= 11 is 0. The fourth-order valence-corrected chi connectivity index (χ4v) is 2.23. The van der Waals surface area contributed by atoms with Crippen molar-refractivity contribution in [1.82, 2.24) is 0 Å². The number of oxime groups is 1. The Morgan fingerprint density at radius 2 is 1.67 bits per heavy atom. The summed E-state index contributed by atoms with van der Waals surface area (Å²) in [7, 11) is 0. The van der Waals surface area contributed by atoms with Gasteiger partial charge in [0.2, 0.25) is 0 Å². The van der Waals surface area contributed by atoms with Crippen LogP contribution in [0.4, 0.5) is 0 Å². The maximum absolute atomic E-state index is 8.61. The van der Waals surface area contributed by atoms with E-state index in [0.717, 1.165) is 22.4 Å². The van der Waals surface area contributed by atoms with Gasteiger partial charge in [-0.25, -0.2) is 0 Å². The first-order valence-electron chi connectivity index (χ1n) is 7.91. The van der Waals surface area contributed by atoms with E-state index < -0.39 is 0 Å². The smallest absolute Gasteiger partial charge is 0.161 e. The van der Waals surface area contributed by atoms with Gasteiger partial charge in [-0.05, 0) is 56.2 Å². The summed E-state index contributed by atoms with van der Waals surface area (Å²) in [5, 5.41) is 11.6. The fraction of sp³-hybridized carbons (Fsp3) is 0.316. The normalized spacial score (nSPS) is 10.8. The molecule has 0 unspecified atom stereocenters. The van der Waals surface area contributed by atoms with E-state index in [4.69, 9.17) is 19.4 Å². The molecule has 0 aliphatic heterocycles. The van der Waals surface area contributed by atoms with Crippen LogP contribution < -0.4 is 14.2 Å². The van der Waals surface area contributed by atoms with Gasteiger partial charge in [0.1, 0.15) is 19.0 Å². The Labute approximate surface area is 142 Å². The van der Waals surface area contributed by atoms with Crippen molar-refractivity contribution in [1.29, 1.82) is 0 Å². The standard InChI is InChI=1S/C19H23NO4/c1-4-22-19-12-16(13-20-21)7-8-17(19)23-9-10-24-18-11-14(2)5-6-15(18)3/h5-8,11-13,21H,4,9-10H2,1-3H3. The molecule has 24 heavy (non-hydrogen) atoms. The van der Waals surface area contributed by atoms with Gasteiger partial charge in [-0.1, -0.05) is 17.3 Å². The number of benzene rings is 2. The second kappa shape index (κ2) is 8.82. The van der Waals surface area contributed by atoms with Crippen molar-refractivity contribution in [2.75, 3.05) is 19.8 Å². The van der Waals surface area contributed by atoms with Gasteiger partial charge in [-0.3, -0.25) is 0 Å². The third kappa shape index (κ3) is 4.91. The van der Waals surface area contributed by atoms with Crippen molar-refractivity contribution in [3.8, 4) is 17.2 Å². The molecule has 0 aromatic heterocycles. The molecule has 0 saturated carbocycles. The largest absolute Gasteiger partial charge is 0.490 e. The molecule has 0 aliphatic carbocycles. The minimum Gasteiger partial charge on any atom is -0.490 e. The van der Waals surface area contributed by atoms with Gasteiger partial charge in [-0.2, -0.15) is 0 Å². The van der Waals surface area contributed by atoms with Crippen molar-refractivity contribution < 1.29 is 19.4 Å². The molecule has 0 amide bonds. The number of nitrogens with zero attached hydrogens (tertiary/aromatic N) is 1. The van der Waals surface area contributed by atoms with E-state index in [1.807, 2.05) is 32.9 Å². The summed E-state index contributed by atoms with van der Waals surface area (Å²) in [6, 6.07) is 11.5. The SMILES string of the molecule is CCOc1cc(C=NO)ccc1OCCOc1cc(C)ccc1C. The van der Waals surface area contributed by atoms with Crippen molar-refractivity contribution in [3.05, 3.63) is 53.1 Å². The van der Waals surface area contributed by atoms with Gasteiger partial charge in [-0.15, -0.1) is 0 Å². The zero-order valence-corrected chi connectivity index (χ0v) is 14.3. The van der Waals surface area contributed by atoms with Crippen molar-refractivity contribution >= 4 is 6.21 Å². The van der Waals surface area contributed by atoms with Gasteiger partial charge < -0.3 is 19.4 Å². The molecule has 0 radical (unpaired) electrons. The summed E-state index contributed by atoms with van der Waals surface area (Å²) in [5.41, 5.74) is 3.00. The first-order chi connectivity index (χ1) is 11.6. The van der Waals surface area contributed by atoms with E-state index in [9.17, 15) is 0 Å². The van der Waals surface area contributed by atoms with Gasteiger partial charge in [0.25, 0.3) is 0 Å². The molecule has 0 saturated heterocycles. The molecule has 0 fully saturated rings. The van der Waals surface area contributed by atoms with Crippen LogP contribution in [-0.2, 0) is 0 Å². The Hall–Kier alpha value is -2.69. The minimum absolute atomic E-state index is 0.404. The molecular weight excluding hydrogens is 306 g/mol. The van der Waals surface area contributed by atoms with Gasteiger partial charge in [0.15, 0.2) is 11.5 Å². The zero-order valence-electron chi connectivity index (χ0n) is 14.3. The summed E-state index contributed by atoms with van der Waals surface area (Å²) in [6.45, 7) is 7.32. The number of hydrogen-bond donors (Lipinski definition) is 1. The van der Waals surface area contributed by atoms with Crippen LogP contribution in [0.3, 0.4) is 0 Å². The highest BCUT2D eigenvalue weighted by atomic mass is 16.5. The van der Waals surface area contributed by atoms with Crippen LogP contribution in [-0.4, -0.2) is 31.2 Å². The number of ether oxygens (including phenoxy) is 3. The minimum atomic E-state index is 0.404. The molecule has 0 heterocycles. The average Bonchev–Trinajstić information content (AvgIpc) is 2.57. The Balaban J connectivity index is 1.95. The number of rotatable bonds is 8. The van der Waals surface area contributed by atoms with Gasteiger partial charge in [0.05, 0.1) is 12.8 Å². The first kappa shape index (κ1) is 17.7. The van der Waals surface area contributed by atoms with Crippen molar-refractivity contribution in [2.24, 2.45) is 5.16 Å². The predicted octanol–water partition coefficient (Wildman–Crippen LogP) is 3.97. The summed E-state index contributed by atoms with van der Waals surface area (Å²) in [6.07, 6.45) is 1.34. The lowest BCUT2D eigenvalue weighted by atomic mass is 10.1. The third-order valence-electron chi connectivity index (χ3n) is 3.42. The lowest BCUT2D eigenvalue weighted by Gasteiger charge is -2.14. The molecule has 1 N–H and O–H groups in total. The maximum atomic E-state index is 8.61. The highest BCUT2D eigenvalue weighted by Gasteiger charge is 2.07. The van der Waals surface area contributed by atoms with Crippen LogP contribution >= 0.6 is 0 Å². The van der Waals surface area contributed by atoms with E-state index in [0.29, 0.717) is 31.3 Å². The monoisotopic (exact) mass is 329 g/mol. The summed E-state index contributed by atoms with van der Waals surface area (Å²) < 4.78 is 17.1. The summed E-state index contributed by atoms with van der Waals surface area (Å²) in [4.78, 5) is 0. The Morgan fingerprint density at radius 1 is 0.917 bits per heavy atom. The van der Waals surface area contributed by atoms with Crippen LogP contribution in [0.2, 0.25) is 0 Å². The summed E-state index contributed by atoms with van der Waals surface area (Å²) in [5.74, 6) is 2.12. The molecule has 2 aromatic rings. The van der Waals surface area contributed by atoms with E-state index in [1.54, 1.807) is 18.2 Å². The van der Waals surface area contributed by atoms with E-state index in [-0.39, 0.29) is 0 Å². The Kier molecular flexibility index (Phi) is 6.49. The predicted molar refractivity (Wildman–Crippen MR) is 93.9 cm³/mol. The maximum Gasteiger partial charge on any atom is 0.161 e. The molecule has 2 aromatic carbocycles. The topological polar surface area (TPSA) is 60.3 Å². The van der Waals surface area contributed by atoms with Gasteiger partial charge in [0, 0.05) is 5.56 Å². The fourth-order valence-electron chi connectivity index (χ4n) is 2.23. The quantitative estimate of drug-likeness (QED) is 0.344. The third-order valence-corrected chi connectivity index (χ3v) is 3.42. The molecule has 5 heteroatoms. The molecule has 128 valence electrons. The second-order valence-corrected chi connectivity index (χ2v) is 5.35.